The van der Waals surface area contributed by atoms with E-state index in [0.717, 1.165) is 12.6 Å². The van der Waals surface area contributed by atoms with Gasteiger partial charge in [0.1, 0.15) is 12.4 Å². The van der Waals surface area contributed by atoms with Crippen LogP contribution in [0.1, 0.15) is 19.8 Å². The highest BCUT2D eigenvalue weighted by Gasteiger charge is 2.21. The Bertz CT molecular complexity index is 295. The second-order valence-corrected chi connectivity index (χ2v) is 3.81. The van der Waals surface area contributed by atoms with Gasteiger partial charge in [-0.1, -0.05) is 0 Å². The highest BCUT2D eigenvalue weighted by molar-refractivity contribution is 4.89. The number of nitrogens with one attached hydrogen (secondary N) is 1. The molecule has 0 saturated heterocycles. The number of nitrogens with zero attached hydrogens (tertiary/aromatic N) is 3. The van der Waals surface area contributed by atoms with Crippen LogP contribution in [0.25, 0.3) is 0 Å². The van der Waals surface area contributed by atoms with E-state index in [1.54, 1.807) is 11.0 Å². The third-order valence-electron chi connectivity index (χ3n) is 2.16. The van der Waals surface area contributed by atoms with Crippen LogP contribution in [0.5, 0.6) is 6.01 Å². The number of hydrogen-bond donors (Lipinski definition) is 1. The van der Waals surface area contributed by atoms with Gasteiger partial charge in [0.05, 0.1) is 0 Å². The highest BCUT2D eigenvalue weighted by Crippen LogP contribution is 2.18. The standard InChI is InChI=1S/C9H16N4O/c1-7(5-10-8-3-4-8)14-9-11-6-13(2)12-9/h6-8,10H,3-5H2,1-2H3. The second-order valence-electron chi connectivity index (χ2n) is 3.81. The molecule has 0 spiro atoms. The molecule has 1 fully saturated rings. The van der Waals surface area contributed by atoms with Crippen molar-refractivity contribution < 1.29 is 4.74 Å². The van der Waals surface area contributed by atoms with Gasteiger partial charge in [0.15, 0.2) is 0 Å². The number of rotatable bonds is 5. The fourth-order valence-electron chi connectivity index (χ4n) is 1.22. The normalized spacial score (nSPS) is 18.1. The summed E-state index contributed by atoms with van der Waals surface area (Å²) < 4.78 is 7.14. The maximum Gasteiger partial charge on any atom is 0.335 e. The van der Waals surface area contributed by atoms with Gasteiger partial charge >= 0.3 is 6.01 Å². The molecule has 0 aromatic carbocycles. The Morgan fingerprint density at radius 1 is 1.71 bits per heavy atom. The molecule has 1 aromatic heterocycles. The summed E-state index contributed by atoms with van der Waals surface area (Å²) in [4.78, 5) is 4.00. The summed E-state index contributed by atoms with van der Waals surface area (Å²) in [5, 5.41) is 7.44. The fraction of sp³-hybridized carbons (Fsp3) is 0.778. The van der Waals surface area contributed by atoms with Crippen molar-refractivity contribution in [2.75, 3.05) is 6.54 Å². The van der Waals surface area contributed by atoms with E-state index < -0.39 is 0 Å². The molecule has 1 heterocycles. The van der Waals surface area contributed by atoms with Gasteiger partial charge in [-0.2, -0.15) is 4.98 Å². The van der Waals surface area contributed by atoms with E-state index in [4.69, 9.17) is 4.74 Å². The van der Waals surface area contributed by atoms with E-state index in [-0.39, 0.29) is 6.10 Å². The second kappa shape index (κ2) is 3.96. The molecule has 5 nitrogen and oxygen atoms in total. The lowest BCUT2D eigenvalue weighted by molar-refractivity contribution is 0.198. The lowest BCUT2D eigenvalue weighted by atomic mass is 10.4. The third kappa shape index (κ3) is 2.70. The molecule has 0 radical (unpaired) electrons. The maximum atomic E-state index is 5.51. The summed E-state index contributed by atoms with van der Waals surface area (Å²) in [5.74, 6) is 0. The summed E-state index contributed by atoms with van der Waals surface area (Å²) in [5.41, 5.74) is 0. The van der Waals surface area contributed by atoms with Crippen molar-refractivity contribution in [1.82, 2.24) is 20.1 Å². The van der Waals surface area contributed by atoms with Crippen LogP contribution in [0.4, 0.5) is 0 Å². The van der Waals surface area contributed by atoms with Gasteiger partial charge < -0.3 is 10.1 Å². The zero-order chi connectivity index (χ0) is 9.97. The Morgan fingerprint density at radius 3 is 3.07 bits per heavy atom. The smallest absolute Gasteiger partial charge is 0.335 e. The summed E-state index contributed by atoms with van der Waals surface area (Å²) in [6, 6.07) is 1.18. The summed E-state index contributed by atoms with van der Waals surface area (Å²) in [6.45, 7) is 2.88. The Hall–Kier alpha value is -1.10. The molecule has 5 heteroatoms. The molecule has 1 unspecified atom stereocenters. The lowest BCUT2D eigenvalue weighted by Gasteiger charge is -2.11. The molecule has 1 aliphatic carbocycles. The van der Waals surface area contributed by atoms with Crippen LogP contribution in [-0.2, 0) is 7.05 Å². The van der Waals surface area contributed by atoms with Crippen LogP contribution >= 0.6 is 0 Å². The van der Waals surface area contributed by atoms with Gasteiger partial charge in [-0.15, -0.1) is 5.10 Å². The van der Waals surface area contributed by atoms with Crippen LogP contribution < -0.4 is 10.1 Å². The van der Waals surface area contributed by atoms with Crippen LogP contribution in [-0.4, -0.2) is 33.5 Å². The van der Waals surface area contributed by atoms with Crippen molar-refractivity contribution in [2.24, 2.45) is 7.05 Å². The number of hydrogen-bond acceptors (Lipinski definition) is 4. The first kappa shape index (κ1) is 9.45. The monoisotopic (exact) mass is 196 g/mol. The number of aromatic nitrogens is 3. The SMILES string of the molecule is CC(CNC1CC1)Oc1ncn(C)n1. The summed E-state index contributed by atoms with van der Waals surface area (Å²) in [6.07, 6.45) is 4.36. The molecule has 14 heavy (non-hydrogen) atoms. The molecular weight excluding hydrogens is 180 g/mol. The molecule has 0 bridgehead atoms. The minimum Gasteiger partial charge on any atom is -0.458 e. The van der Waals surface area contributed by atoms with Crippen molar-refractivity contribution in [3.63, 3.8) is 0 Å². The predicted molar refractivity (Wildman–Crippen MR) is 52.1 cm³/mol. The van der Waals surface area contributed by atoms with Crippen LogP contribution in [0.2, 0.25) is 0 Å². The van der Waals surface area contributed by atoms with Gasteiger partial charge in [-0.05, 0) is 19.8 Å². The molecule has 0 aliphatic heterocycles. The number of aryl methyl sites for hydroxylation is 1. The molecule has 0 amide bonds. The van der Waals surface area contributed by atoms with Crippen LogP contribution in [0.15, 0.2) is 6.33 Å². The minimum atomic E-state index is 0.123. The van der Waals surface area contributed by atoms with Crippen LogP contribution in [0.3, 0.4) is 0 Å². The first-order chi connectivity index (χ1) is 6.74. The Kier molecular flexibility index (Phi) is 2.67. The van der Waals surface area contributed by atoms with Gasteiger partial charge in [0.2, 0.25) is 0 Å². The van der Waals surface area contributed by atoms with Gasteiger partial charge in [0, 0.05) is 19.6 Å². The molecule has 1 N–H and O–H groups in total. The van der Waals surface area contributed by atoms with E-state index in [0.29, 0.717) is 6.01 Å². The van der Waals surface area contributed by atoms with Crippen molar-refractivity contribution in [3.05, 3.63) is 6.33 Å². The van der Waals surface area contributed by atoms with Gasteiger partial charge in [-0.3, -0.25) is 4.68 Å². The van der Waals surface area contributed by atoms with Crippen LogP contribution in [0, 0.1) is 0 Å². The fourth-order valence-corrected chi connectivity index (χ4v) is 1.22. The molecule has 2 rings (SSSR count). The zero-order valence-electron chi connectivity index (χ0n) is 8.60. The molecule has 1 saturated carbocycles. The zero-order valence-corrected chi connectivity index (χ0v) is 8.60. The van der Waals surface area contributed by atoms with Crippen molar-refractivity contribution in [2.45, 2.75) is 31.9 Å². The Labute approximate surface area is 83.5 Å². The number of ether oxygens (including phenoxy) is 1. The quantitative estimate of drug-likeness (QED) is 0.737. The Morgan fingerprint density at radius 2 is 2.50 bits per heavy atom. The van der Waals surface area contributed by atoms with Crippen molar-refractivity contribution in [1.29, 1.82) is 0 Å². The van der Waals surface area contributed by atoms with E-state index in [1.807, 2.05) is 14.0 Å². The highest BCUT2D eigenvalue weighted by atomic mass is 16.5. The molecule has 1 atom stereocenters. The topological polar surface area (TPSA) is 52.0 Å². The van der Waals surface area contributed by atoms with E-state index in [2.05, 4.69) is 15.4 Å². The maximum absolute atomic E-state index is 5.51. The van der Waals surface area contributed by atoms with Gasteiger partial charge in [0.25, 0.3) is 0 Å². The first-order valence-electron chi connectivity index (χ1n) is 4.99. The Balaban J connectivity index is 1.72. The van der Waals surface area contributed by atoms with Crippen molar-refractivity contribution in [3.8, 4) is 6.01 Å². The minimum absolute atomic E-state index is 0.123. The summed E-state index contributed by atoms with van der Waals surface area (Å²) >= 11 is 0. The van der Waals surface area contributed by atoms with E-state index in [1.165, 1.54) is 12.8 Å². The molecule has 1 aromatic rings. The largest absolute Gasteiger partial charge is 0.458 e. The van der Waals surface area contributed by atoms with Gasteiger partial charge in [-0.25, -0.2) is 0 Å². The predicted octanol–water partition coefficient (Wildman–Crippen LogP) is 0.334. The van der Waals surface area contributed by atoms with E-state index in [9.17, 15) is 0 Å². The first-order valence-corrected chi connectivity index (χ1v) is 4.99. The molecule has 1 aliphatic rings. The summed E-state index contributed by atoms with van der Waals surface area (Å²) in [7, 11) is 1.83. The molecule has 78 valence electrons. The third-order valence-corrected chi connectivity index (χ3v) is 2.16. The average Bonchev–Trinajstić information content (AvgIpc) is 2.88. The molecular formula is C9H16N4O. The lowest BCUT2D eigenvalue weighted by Crippen LogP contribution is -2.30. The average molecular weight is 196 g/mol. The van der Waals surface area contributed by atoms with Crippen molar-refractivity contribution >= 4 is 0 Å². The van der Waals surface area contributed by atoms with E-state index >= 15 is 0 Å².